The number of H-pyrrole nitrogens is 1. The number of fused-ring (bicyclic) bond motifs is 1. The maximum absolute atomic E-state index is 5.29. The van der Waals surface area contributed by atoms with Crippen LogP contribution < -0.4 is 0 Å². The Hall–Kier alpha value is -0.620. The zero-order chi connectivity index (χ0) is 9.54. The van der Waals surface area contributed by atoms with Crippen LogP contribution in [0.3, 0.4) is 0 Å². The summed E-state index contributed by atoms with van der Waals surface area (Å²) in [5.74, 6) is 0.541. The third kappa shape index (κ3) is 1.25. The SMILES string of the molecule is IO[C@H]1CC1c1cccc2[nH]cnc12. The van der Waals surface area contributed by atoms with E-state index in [1.807, 2.05) is 29.1 Å². The average Bonchev–Trinajstić information content (AvgIpc) is 2.85. The van der Waals surface area contributed by atoms with Crippen molar-refractivity contribution in [3.05, 3.63) is 30.1 Å². The smallest absolute Gasteiger partial charge is 0.110 e. The molecule has 1 saturated carbocycles. The highest BCUT2D eigenvalue weighted by atomic mass is 127. The first-order valence-electron chi connectivity index (χ1n) is 4.59. The van der Waals surface area contributed by atoms with Gasteiger partial charge in [-0.25, -0.2) is 4.98 Å². The number of aromatic amines is 1. The summed E-state index contributed by atoms with van der Waals surface area (Å²) in [4.78, 5) is 7.46. The van der Waals surface area contributed by atoms with Gasteiger partial charge in [-0.15, -0.1) is 0 Å². The summed E-state index contributed by atoms with van der Waals surface area (Å²) >= 11 is 1.98. The van der Waals surface area contributed by atoms with Crippen LogP contribution in [0.2, 0.25) is 0 Å². The van der Waals surface area contributed by atoms with Gasteiger partial charge in [0.25, 0.3) is 0 Å². The van der Waals surface area contributed by atoms with Crippen LogP contribution in [0.4, 0.5) is 0 Å². The fourth-order valence-corrected chi connectivity index (χ4v) is 2.45. The van der Waals surface area contributed by atoms with Gasteiger partial charge in [0, 0.05) is 5.92 Å². The fourth-order valence-electron chi connectivity index (χ4n) is 1.88. The largest absolute Gasteiger partial charge is 0.345 e. The molecule has 0 spiro atoms. The van der Waals surface area contributed by atoms with Crippen LogP contribution >= 0.6 is 23.0 Å². The van der Waals surface area contributed by atoms with Crippen LogP contribution in [-0.2, 0) is 3.07 Å². The Kier molecular flexibility index (Phi) is 1.98. The Balaban J connectivity index is 2.08. The molecule has 14 heavy (non-hydrogen) atoms. The van der Waals surface area contributed by atoms with Crippen molar-refractivity contribution in [3.63, 3.8) is 0 Å². The first-order chi connectivity index (χ1) is 6.90. The van der Waals surface area contributed by atoms with Gasteiger partial charge in [-0.1, -0.05) is 12.1 Å². The van der Waals surface area contributed by atoms with Crippen molar-refractivity contribution >= 4 is 34.0 Å². The zero-order valence-corrected chi connectivity index (χ0v) is 9.56. The molecule has 1 unspecified atom stereocenters. The summed E-state index contributed by atoms with van der Waals surface area (Å²) in [7, 11) is 0. The minimum atomic E-state index is 0.387. The quantitative estimate of drug-likeness (QED) is 0.866. The monoisotopic (exact) mass is 300 g/mol. The topological polar surface area (TPSA) is 37.9 Å². The van der Waals surface area contributed by atoms with E-state index in [9.17, 15) is 0 Å². The summed E-state index contributed by atoms with van der Waals surface area (Å²) < 4.78 is 5.29. The van der Waals surface area contributed by atoms with E-state index in [1.165, 1.54) is 5.56 Å². The standard InChI is InChI=1S/C10H9IN2O/c11-14-9-4-7(9)6-2-1-3-8-10(6)13-5-12-8/h1-3,5,7,9H,4H2,(H,12,13)/t7?,9-/m0/s1. The van der Waals surface area contributed by atoms with Crippen molar-refractivity contribution in [2.45, 2.75) is 18.4 Å². The number of hydrogen-bond acceptors (Lipinski definition) is 2. The third-order valence-corrected chi connectivity index (χ3v) is 3.38. The van der Waals surface area contributed by atoms with Crippen LogP contribution in [0.1, 0.15) is 17.9 Å². The Morgan fingerprint density at radius 1 is 1.50 bits per heavy atom. The van der Waals surface area contributed by atoms with Crippen molar-refractivity contribution in [1.29, 1.82) is 0 Å². The van der Waals surface area contributed by atoms with Crippen molar-refractivity contribution in [3.8, 4) is 0 Å². The number of rotatable bonds is 2. The van der Waals surface area contributed by atoms with Crippen molar-refractivity contribution < 1.29 is 3.07 Å². The van der Waals surface area contributed by atoms with Gasteiger partial charge < -0.3 is 8.05 Å². The van der Waals surface area contributed by atoms with Crippen LogP contribution in [0, 0.1) is 0 Å². The minimum absolute atomic E-state index is 0.387. The van der Waals surface area contributed by atoms with Crippen LogP contribution in [0.25, 0.3) is 11.0 Å². The minimum Gasteiger partial charge on any atom is -0.345 e. The lowest BCUT2D eigenvalue weighted by atomic mass is 10.1. The second-order valence-electron chi connectivity index (χ2n) is 3.62. The molecule has 1 aromatic carbocycles. The maximum atomic E-state index is 5.29. The van der Waals surface area contributed by atoms with E-state index in [1.54, 1.807) is 6.33 Å². The van der Waals surface area contributed by atoms with Crippen LogP contribution in [0.15, 0.2) is 24.5 Å². The summed E-state index contributed by atoms with van der Waals surface area (Å²) in [6, 6.07) is 6.26. The molecule has 1 N–H and O–H groups in total. The van der Waals surface area contributed by atoms with E-state index < -0.39 is 0 Å². The molecule has 1 heterocycles. The summed E-state index contributed by atoms with van der Waals surface area (Å²) in [5, 5.41) is 0. The Bertz CT molecular complexity index is 468. The van der Waals surface area contributed by atoms with Gasteiger partial charge in [0.2, 0.25) is 0 Å². The lowest BCUT2D eigenvalue weighted by Crippen LogP contribution is -1.88. The number of benzene rings is 1. The molecule has 0 radical (unpaired) electrons. The molecule has 0 bridgehead atoms. The Morgan fingerprint density at radius 2 is 2.43 bits per heavy atom. The second-order valence-corrected chi connectivity index (χ2v) is 4.12. The van der Waals surface area contributed by atoms with E-state index in [0.717, 1.165) is 17.5 Å². The van der Waals surface area contributed by atoms with E-state index in [2.05, 4.69) is 22.1 Å². The van der Waals surface area contributed by atoms with E-state index >= 15 is 0 Å². The molecule has 3 rings (SSSR count). The highest BCUT2D eigenvalue weighted by molar-refractivity contribution is 14.1. The molecule has 4 heteroatoms. The molecule has 0 aliphatic heterocycles. The number of aromatic nitrogens is 2. The fraction of sp³-hybridized carbons (Fsp3) is 0.300. The third-order valence-electron chi connectivity index (χ3n) is 2.73. The van der Waals surface area contributed by atoms with E-state index in [0.29, 0.717) is 12.0 Å². The summed E-state index contributed by atoms with van der Waals surface area (Å²) in [6.45, 7) is 0. The van der Waals surface area contributed by atoms with E-state index in [-0.39, 0.29) is 0 Å². The maximum Gasteiger partial charge on any atom is 0.110 e. The molecule has 2 aromatic rings. The molecular weight excluding hydrogens is 291 g/mol. The summed E-state index contributed by atoms with van der Waals surface area (Å²) in [6.07, 6.45) is 3.25. The van der Waals surface area contributed by atoms with Crippen molar-refractivity contribution in [1.82, 2.24) is 9.97 Å². The van der Waals surface area contributed by atoms with Gasteiger partial charge in [-0.3, -0.25) is 0 Å². The summed E-state index contributed by atoms with van der Waals surface area (Å²) in [5.41, 5.74) is 3.51. The number of nitrogens with one attached hydrogen (secondary N) is 1. The lowest BCUT2D eigenvalue weighted by molar-refractivity contribution is 0.404. The first kappa shape index (κ1) is 8.67. The number of para-hydroxylation sites is 1. The van der Waals surface area contributed by atoms with Gasteiger partial charge in [-0.2, -0.15) is 0 Å². The van der Waals surface area contributed by atoms with E-state index in [4.69, 9.17) is 3.07 Å². The Labute approximate surface area is 95.6 Å². The predicted molar refractivity (Wildman–Crippen MR) is 62.3 cm³/mol. The number of imidazole rings is 1. The van der Waals surface area contributed by atoms with Crippen molar-refractivity contribution in [2.75, 3.05) is 0 Å². The molecule has 0 amide bonds. The van der Waals surface area contributed by atoms with Gasteiger partial charge in [0.05, 0.1) is 23.5 Å². The molecular formula is C10H9IN2O. The number of nitrogens with zero attached hydrogens (tertiary/aromatic N) is 1. The molecule has 3 nitrogen and oxygen atoms in total. The normalized spacial score (nSPS) is 25.5. The highest BCUT2D eigenvalue weighted by Gasteiger charge is 2.40. The second kappa shape index (κ2) is 3.20. The first-order valence-corrected chi connectivity index (χ1v) is 5.47. The molecule has 0 saturated heterocycles. The predicted octanol–water partition coefficient (Wildman–Crippen LogP) is 2.79. The number of halogens is 1. The van der Waals surface area contributed by atoms with Crippen LogP contribution in [0.5, 0.6) is 0 Å². The molecule has 2 atom stereocenters. The molecule has 1 fully saturated rings. The van der Waals surface area contributed by atoms with Crippen molar-refractivity contribution in [2.24, 2.45) is 0 Å². The average molecular weight is 300 g/mol. The number of hydrogen-bond donors (Lipinski definition) is 1. The Morgan fingerprint density at radius 3 is 3.21 bits per heavy atom. The van der Waals surface area contributed by atoms with Gasteiger partial charge >= 0.3 is 0 Å². The lowest BCUT2D eigenvalue weighted by Gasteiger charge is -1.99. The molecule has 1 aliphatic carbocycles. The van der Waals surface area contributed by atoms with Gasteiger partial charge in [0.1, 0.15) is 23.0 Å². The molecule has 1 aromatic heterocycles. The highest BCUT2D eigenvalue weighted by Crippen LogP contribution is 2.46. The van der Waals surface area contributed by atoms with Gasteiger partial charge in [-0.05, 0) is 18.1 Å². The van der Waals surface area contributed by atoms with Gasteiger partial charge in [0.15, 0.2) is 0 Å². The molecule has 1 aliphatic rings. The molecule has 72 valence electrons. The van der Waals surface area contributed by atoms with Crippen LogP contribution in [-0.4, -0.2) is 16.1 Å². The zero-order valence-electron chi connectivity index (χ0n) is 7.40.